The summed E-state index contributed by atoms with van der Waals surface area (Å²) in [6.45, 7) is 1.41. The van der Waals surface area contributed by atoms with Crippen LogP contribution >= 0.6 is 22.9 Å². The lowest BCUT2D eigenvalue weighted by atomic mass is 9.98. The zero-order valence-corrected chi connectivity index (χ0v) is 21.2. The highest BCUT2D eigenvalue weighted by Crippen LogP contribution is 2.32. The van der Waals surface area contributed by atoms with E-state index in [9.17, 15) is 13.2 Å². The van der Waals surface area contributed by atoms with E-state index >= 15 is 0 Å². The third kappa shape index (κ3) is 5.11. The Morgan fingerprint density at radius 3 is 2.69 bits per heavy atom. The molecule has 35 heavy (non-hydrogen) atoms. The molecule has 4 aromatic rings. The number of benzene rings is 2. The molecule has 1 amide bonds. The number of hydrogen-bond donors (Lipinski definition) is 0. The van der Waals surface area contributed by atoms with Crippen molar-refractivity contribution < 1.29 is 13.2 Å². The highest BCUT2D eigenvalue weighted by molar-refractivity contribution is 7.89. The predicted octanol–water partition coefficient (Wildman–Crippen LogP) is 4.28. The van der Waals surface area contributed by atoms with Gasteiger partial charge in [0.2, 0.25) is 15.9 Å². The Labute approximate surface area is 212 Å². The molecule has 1 aliphatic rings. The lowest BCUT2D eigenvalue weighted by Gasteiger charge is -2.33. The molecule has 0 N–H and O–H groups in total. The van der Waals surface area contributed by atoms with Gasteiger partial charge in [-0.05, 0) is 55.3 Å². The van der Waals surface area contributed by atoms with Crippen LogP contribution in [0.15, 0.2) is 71.9 Å². The Bertz CT molecular complexity index is 1390. The average Bonchev–Trinajstić information content (AvgIpc) is 3.54. The van der Waals surface area contributed by atoms with Crippen molar-refractivity contribution in [1.29, 1.82) is 0 Å². The minimum atomic E-state index is -3.73. The molecule has 0 saturated carbocycles. The second kappa shape index (κ2) is 10.1. The first-order chi connectivity index (χ1) is 16.9. The van der Waals surface area contributed by atoms with Gasteiger partial charge in [0.1, 0.15) is 0 Å². The number of sulfonamides is 1. The molecule has 11 heteroatoms. The van der Waals surface area contributed by atoms with Crippen LogP contribution in [0.2, 0.25) is 5.02 Å². The molecular weight excluding hydrogens is 506 g/mol. The zero-order chi connectivity index (χ0) is 24.4. The fourth-order valence-corrected chi connectivity index (χ4v) is 6.90. The standard InChI is InChI=1S/C24H24ClN5O3S2/c25-19-8-10-20(11-9-19)35(32,33)29-14-3-5-18(17-29)23(31)30(16-15-28-13-4-12-26-28)24-27-21-6-1-2-7-22(21)34-24/h1-2,4,6-13,18H,3,5,14-17H2. The molecule has 0 radical (unpaired) electrons. The van der Waals surface area contributed by atoms with Crippen LogP contribution in [0.1, 0.15) is 12.8 Å². The number of hydrogen-bond acceptors (Lipinski definition) is 6. The fraction of sp³-hybridized carbons (Fsp3) is 0.292. The lowest BCUT2D eigenvalue weighted by Crippen LogP contribution is -2.47. The summed E-state index contributed by atoms with van der Waals surface area (Å²) < 4.78 is 30.7. The molecule has 1 atom stereocenters. The molecular formula is C24H24ClN5O3S2. The van der Waals surface area contributed by atoms with E-state index in [4.69, 9.17) is 16.6 Å². The Balaban J connectivity index is 1.40. The number of carbonyl (C=O) groups is 1. The normalized spacial score (nSPS) is 17.0. The van der Waals surface area contributed by atoms with Crippen molar-refractivity contribution in [3.8, 4) is 0 Å². The van der Waals surface area contributed by atoms with Crippen LogP contribution in [-0.2, 0) is 21.4 Å². The van der Waals surface area contributed by atoms with Crippen LogP contribution in [-0.4, -0.2) is 53.0 Å². The minimum absolute atomic E-state index is 0.118. The van der Waals surface area contributed by atoms with E-state index < -0.39 is 15.9 Å². The van der Waals surface area contributed by atoms with Crippen molar-refractivity contribution >= 4 is 54.2 Å². The molecule has 1 aliphatic heterocycles. The molecule has 8 nitrogen and oxygen atoms in total. The van der Waals surface area contributed by atoms with Crippen LogP contribution in [0.5, 0.6) is 0 Å². The van der Waals surface area contributed by atoms with Gasteiger partial charge in [-0.3, -0.25) is 14.4 Å². The van der Waals surface area contributed by atoms with Gasteiger partial charge in [0.05, 0.1) is 27.6 Å². The first-order valence-corrected chi connectivity index (χ1v) is 14.0. The van der Waals surface area contributed by atoms with Gasteiger partial charge in [0, 0.05) is 37.1 Å². The molecule has 0 bridgehead atoms. The number of aromatic nitrogens is 3. The Morgan fingerprint density at radius 1 is 1.14 bits per heavy atom. The van der Waals surface area contributed by atoms with Crippen molar-refractivity contribution in [2.24, 2.45) is 5.92 Å². The third-order valence-electron chi connectivity index (χ3n) is 6.08. The van der Waals surface area contributed by atoms with Gasteiger partial charge in [-0.1, -0.05) is 35.1 Å². The molecule has 5 rings (SSSR count). The SMILES string of the molecule is O=C(C1CCCN(S(=O)(=O)c2ccc(Cl)cc2)C1)N(CCn1cccn1)c1nc2ccccc2s1. The third-order valence-corrected chi connectivity index (χ3v) is 9.27. The molecule has 0 aliphatic carbocycles. The number of fused-ring (bicyclic) bond motifs is 1. The maximum atomic E-state index is 13.8. The van der Waals surface area contributed by atoms with E-state index in [1.165, 1.54) is 27.8 Å². The molecule has 0 spiro atoms. The average molecular weight is 530 g/mol. The number of thiazole rings is 1. The van der Waals surface area contributed by atoms with Crippen molar-refractivity contribution in [1.82, 2.24) is 19.1 Å². The number of halogens is 1. The van der Waals surface area contributed by atoms with Gasteiger partial charge in [-0.25, -0.2) is 13.4 Å². The summed E-state index contributed by atoms with van der Waals surface area (Å²) in [5, 5.41) is 5.33. The quantitative estimate of drug-likeness (QED) is 0.356. The van der Waals surface area contributed by atoms with E-state index in [1.54, 1.807) is 27.9 Å². The van der Waals surface area contributed by atoms with Crippen LogP contribution in [0.4, 0.5) is 5.13 Å². The highest BCUT2D eigenvalue weighted by Gasteiger charge is 2.36. The Kier molecular flexibility index (Phi) is 6.88. The van der Waals surface area contributed by atoms with Crippen molar-refractivity contribution in [3.05, 3.63) is 72.0 Å². The Morgan fingerprint density at radius 2 is 1.94 bits per heavy atom. The zero-order valence-electron chi connectivity index (χ0n) is 18.8. The summed E-state index contributed by atoms with van der Waals surface area (Å²) in [5.41, 5.74) is 0.833. The molecule has 1 saturated heterocycles. The summed E-state index contributed by atoms with van der Waals surface area (Å²) in [6, 6.07) is 15.7. The summed E-state index contributed by atoms with van der Waals surface area (Å²) in [6.07, 6.45) is 4.78. The maximum absolute atomic E-state index is 13.8. The smallest absolute Gasteiger partial charge is 0.243 e. The van der Waals surface area contributed by atoms with Crippen LogP contribution < -0.4 is 4.90 Å². The largest absolute Gasteiger partial charge is 0.286 e. The van der Waals surface area contributed by atoms with Crippen molar-refractivity contribution in [2.45, 2.75) is 24.3 Å². The fourth-order valence-electron chi connectivity index (χ4n) is 4.25. The molecule has 2 aromatic carbocycles. The first-order valence-electron chi connectivity index (χ1n) is 11.3. The number of anilines is 1. The van der Waals surface area contributed by atoms with Gasteiger partial charge in [0.15, 0.2) is 5.13 Å². The summed E-state index contributed by atoms with van der Waals surface area (Å²) in [4.78, 5) is 20.4. The second-order valence-electron chi connectivity index (χ2n) is 8.38. The molecule has 2 aromatic heterocycles. The van der Waals surface area contributed by atoms with E-state index in [0.29, 0.717) is 42.6 Å². The van der Waals surface area contributed by atoms with Crippen LogP contribution in [0.25, 0.3) is 10.2 Å². The summed E-state index contributed by atoms with van der Waals surface area (Å²) in [7, 11) is -3.73. The minimum Gasteiger partial charge on any atom is -0.286 e. The number of para-hydroxylation sites is 1. The lowest BCUT2D eigenvalue weighted by molar-refractivity contribution is -0.123. The molecule has 1 fully saturated rings. The summed E-state index contributed by atoms with van der Waals surface area (Å²) in [5.74, 6) is -0.581. The van der Waals surface area contributed by atoms with E-state index in [1.807, 2.05) is 36.5 Å². The van der Waals surface area contributed by atoms with Crippen LogP contribution in [0.3, 0.4) is 0 Å². The van der Waals surface area contributed by atoms with Crippen molar-refractivity contribution in [3.63, 3.8) is 0 Å². The van der Waals surface area contributed by atoms with Gasteiger partial charge in [-0.2, -0.15) is 9.40 Å². The second-order valence-corrected chi connectivity index (χ2v) is 11.8. The predicted molar refractivity (Wildman–Crippen MR) is 137 cm³/mol. The van der Waals surface area contributed by atoms with E-state index in [2.05, 4.69) is 5.10 Å². The van der Waals surface area contributed by atoms with E-state index in [-0.39, 0.29) is 17.3 Å². The number of carbonyl (C=O) groups excluding carboxylic acids is 1. The molecule has 1 unspecified atom stereocenters. The number of piperidine rings is 1. The monoisotopic (exact) mass is 529 g/mol. The Hall–Kier alpha value is -2.79. The molecule has 182 valence electrons. The summed E-state index contributed by atoms with van der Waals surface area (Å²) >= 11 is 7.39. The van der Waals surface area contributed by atoms with Crippen LogP contribution in [0, 0.1) is 5.92 Å². The maximum Gasteiger partial charge on any atom is 0.243 e. The van der Waals surface area contributed by atoms with Gasteiger partial charge < -0.3 is 0 Å². The van der Waals surface area contributed by atoms with E-state index in [0.717, 1.165) is 10.2 Å². The van der Waals surface area contributed by atoms with Gasteiger partial charge in [-0.15, -0.1) is 0 Å². The molecule has 3 heterocycles. The first kappa shape index (κ1) is 23.9. The number of nitrogens with zero attached hydrogens (tertiary/aromatic N) is 5. The highest BCUT2D eigenvalue weighted by atomic mass is 35.5. The van der Waals surface area contributed by atoms with Crippen molar-refractivity contribution in [2.75, 3.05) is 24.5 Å². The number of rotatable bonds is 7. The number of amides is 1. The van der Waals surface area contributed by atoms with Gasteiger partial charge in [0.25, 0.3) is 0 Å². The van der Waals surface area contributed by atoms with Gasteiger partial charge >= 0.3 is 0 Å². The topological polar surface area (TPSA) is 88.4 Å².